The van der Waals surface area contributed by atoms with Crippen LogP contribution in [0.25, 0.3) is 0 Å². The molecule has 0 rings (SSSR count). The van der Waals surface area contributed by atoms with Gasteiger partial charge in [0.25, 0.3) is 0 Å². The maximum absolute atomic E-state index is 13.0. The number of phosphoric ester groups is 2. The SMILES string of the molecule is CC/C=C\C/C=C\C/C=C\C/C=C\C/C=C\C/C=C\CCC(=O)OCC(COP(=O)(O)OCC(O)COP(=O)(O)OCC(COC(=O)CCCCCCC/C=C\CCCCCC)OC(=O)CCCCCCCCCCCCC)OC(=O)CCCCCCC/C=C\CCCC. The molecule has 0 saturated carbocycles. The fourth-order valence-electron chi connectivity index (χ4n) is 9.46. The second-order valence-corrected chi connectivity index (χ2v) is 27.1. The first-order valence-corrected chi connectivity index (χ1v) is 39.5. The number of hydrogen-bond donors (Lipinski definition) is 3. The molecule has 17 nitrogen and oxygen atoms in total. The molecule has 0 aliphatic rings. The predicted molar refractivity (Wildman–Crippen MR) is 381 cm³/mol. The van der Waals surface area contributed by atoms with E-state index in [9.17, 15) is 43.2 Å². The Labute approximate surface area is 569 Å². The van der Waals surface area contributed by atoms with Crippen LogP contribution in [0.1, 0.15) is 297 Å². The molecule has 19 heteroatoms. The van der Waals surface area contributed by atoms with Gasteiger partial charge in [0, 0.05) is 25.7 Å². The molecule has 5 atom stereocenters. The standard InChI is InChI=1S/C75H130O17P2/c1-5-9-13-17-21-25-29-31-32-33-34-35-36-38-42-44-48-52-56-60-73(78)86-66-71(92-75(80)62-58-54-50-46-40-28-24-20-16-12-8-4)68-90-94(83,84)88-64-69(76)63-87-93(81,82)89-67-70(91-74(79)61-57-53-49-45-39-27-23-19-15-11-7-3)65-85-72(77)59-55-51-47-43-41-37-30-26-22-18-14-10-6-2/h9,13,20-21,24-26,30-32,34-35,38,42,48,52,69-71,76H,5-8,10-12,14-19,22-23,27-29,33,36-37,39-41,43-47,49-51,53-68H2,1-4H3,(H,81,82)(H,83,84)/b13-9-,24-20-,25-21-,30-26-,32-31-,35-34-,42-38-,52-48-. The number of carbonyl (C=O) groups is 4. The van der Waals surface area contributed by atoms with E-state index in [4.69, 9.17) is 37.0 Å². The Morgan fingerprint density at radius 2 is 0.585 bits per heavy atom. The molecule has 0 bridgehead atoms. The molecule has 542 valence electrons. The van der Waals surface area contributed by atoms with Crippen molar-refractivity contribution in [3.8, 4) is 0 Å². The van der Waals surface area contributed by atoms with Crippen molar-refractivity contribution in [1.82, 2.24) is 0 Å². The molecular formula is C75H130O17P2. The quantitative estimate of drug-likeness (QED) is 0.0169. The number of rotatable bonds is 68. The van der Waals surface area contributed by atoms with Gasteiger partial charge in [-0.05, 0) is 109 Å². The van der Waals surface area contributed by atoms with Gasteiger partial charge in [0.1, 0.15) is 19.3 Å². The summed E-state index contributed by atoms with van der Waals surface area (Å²) in [4.78, 5) is 72.5. The van der Waals surface area contributed by atoms with E-state index in [2.05, 4.69) is 107 Å². The molecule has 0 aliphatic heterocycles. The minimum Gasteiger partial charge on any atom is -0.462 e. The number of unbranched alkanes of at least 4 members (excludes halogenated alkanes) is 26. The monoisotopic (exact) mass is 1360 g/mol. The normalized spacial score (nSPS) is 14.6. The Hall–Kier alpha value is -4.02. The van der Waals surface area contributed by atoms with Crippen LogP contribution in [0.5, 0.6) is 0 Å². The summed E-state index contributed by atoms with van der Waals surface area (Å²) in [5, 5.41) is 10.6. The first-order chi connectivity index (χ1) is 45.7. The van der Waals surface area contributed by atoms with E-state index in [1.54, 1.807) is 0 Å². The first kappa shape index (κ1) is 90.0. The van der Waals surface area contributed by atoms with Gasteiger partial charge in [0.05, 0.1) is 26.4 Å². The van der Waals surface area contributed by atoms with Gasteiger partial charge < -0.3 is 33.8 Å². The molecule has 0 fully saturated rings. The lowest BCUT2D eigenvalue weighted by molar-refractivity contribution is -0.161. The second-order valence-electron chi connectivity index (χ2n) is 24.2. The maximum Gasteiger partial charge on any atom is 0.472 e. The number of ether oxygens (including phenoxy) is 4. The molecule has 5 unspecified atom stereocenters. The highest BCUT2D eigenvalue weighted by molar-refractivity contribution is 7.47. The van der Waals surface area contributed by atoms with Gasteiger partial charge in [-0.3, -0.25) is 37.3 Å². The zero-order valence-electron chi connectivity index (χ0n) is 58.9. The van der Waals surface area contributed by atoms with Crippen LogP contribution in [-0.2, 0) is 65.4 Å². The van der Waals surface area contributed by atoms with Gasteiger partial charge in [-0.1, -0.05) is 260 Å². The minimum atomic E-state index is -4.98. The Kier molecular flexibility index (Phi) is 64.7. The fraction of sp³-hybridized carbons (Fsp3) is 0.733. The van der Waals surface area contributed by atoms with E-state index >= 15 is 0 Å². The third-order valence-corrected chi connectivity index (χ3v) is 16.9. The number of phosphoric acid groups is 2. The van der Waals surface area contributed by atoms with Crippen molar-refractivity contribution >= 4 is 39.5 Å². The summed E-state index contributed by atoms with van der Waals surface area (Å²) in [5.41, 5.74) is 0. The van der Waals surface area contributed by atoms with Crippen LogP contribution in [0.4, 0.5) is 0 Å². The summed E-state index contributed by atoms with van der Waals surface area (Å²) in [6.07, 6.45) is 68.6. The van der Waals surface area contributed by atoms with E-state index in [1.807, 2.05) is 18.2 Å². The lowest BCUT2D eigenvalue weighted by Gasteiger charge is -2.21. The molecule has 0 aromatic rings. The Bertz CT molecular complexity index is 2170. The lowest BCUT2D eigenvalue weighted by Crippen LogP contribution is -2.30. The topological polar surface area (TPSA) is 237 Å². The Balaban J connectivity index is 5.35. The van der Waals surface area contributed by atoms with Crippen LogP contribution in [0.2, 0.25) is 0 Å². The summed E-state index contributed by atoms with van der Waals surface area (Å²) in [6, 6.07) is 0. The van der Waals surface area contributed by atoms with Crippen molar-refractivity contribution in [2.24, 2.45) is 0 Å². The van der Waals surface area contributed by atoms with Gasteiger partial charge in [0.2, 0.25) is 0 Å². The van der Waals surface area contributed by atoms with Crippen LogP contribution >= 0.6 is 15.6 Å². The van der Waals surface area contributed by atoms with Crippen molar-refractivity contribution in [2.45, 2.75) is 316 Å². The second kappa shape index (κ2) is 67.5. The molecule has 0 spiro atoms. The van der Waals surface area contributed by atoms with E-state index in [-0.39, 0.29) is 25.7 Å². The van der Waals surface area contributed by atoms with Crippen LogP contribution in [0.15, 0.2) is 97.2 Å². The molecule has 0 radical (unpaired) electrons. The van der Waals surface area contributed by atoms with Gasteiger partial charge >= 0.3 is 39.5 Å². The van der Waals surface area contributed by atoms with Crippen molar-refractivity contribution < 1.29 is 80.2 Å². The number of carbonyl (C=O) groups excluding carboxylic acids is 4. The van der Waals surface area contributed by atoms with Crippen LogP contribution in [0.3, 0.4) is 0 Å². The Morgan fingerprint density at radius 1 is 0.309 bits per heavy atom. The van der Waals surface area contributed by atoms with Gasteiger partial charge in [-0.15, -0.1) is 0 Å². The molecule has 3 N–H and O–H groups in total. The maximum atomic E-state index is 13.0. The third-order valence-electron chi connectivity index (χ3n) is 15.0. The molecular weight excluding hydrogens is 1230 g/mol. The largest absolute Gasteiger partial charge is 0.472 e. The highest BCUT2D eigenvalue weighted by atomic mass is 31.2. The average molecular weight is 1370 g/mol. The Morgan fingerprint density at radius 3 is 0.957 bits per heavy atom. The van der Waals surface area contributed by atoms with E-state index in [1.165, 1.54) is 77.0 Å². The summed E-state index contributed by atoms with van der Waals surface area (Å²) in [6.45, 7) is 4.59. The van der Waals surface area contributed by atoms with Crippen molar-refractivity contribution in [3.05, 3.63) is 97.2 Å². The molecule has 0 saturated heterocycles. The zero-order chi connectivity index (χ0) is 69.0. The predicted octanol–water partition coefficient (Wildman–Crippen LogP) is 20.4. The van der Waals surface area contributed by atoms with Crippen molar-refractivity contribution in [1.29, 1.82) is 0 Å². The van der Waals surface area contributed by atoms with E-state index < -0.39 is 97.5 Å². The van der Waals surface area contributed by atoms with E-state index in [0.29, 0.717) is 32.1 Å². The molecule has 0 aromatic carbocycles. The molecule has 0 heterocycles. The molecule has 0 amide bonds. The van der Waals surface area contributed by atoms with Crippen molar-refractivity contribution in [3.63, 3.8) is 0 Å². The average Bonchev–Trinajstić information content (AvgIpc) is 1.24. The minimum absolute atomic E-state index is 0.0346. The third kappa shape index (κ3) is 66.6. The summed E-state index contributed by atoms with van der Waals surface area (Å²) in [7, 11) is -9.95. The zero-order valence-corrected chi connectivity index (χ0v) is 60.7. The highest BCUT2D eigenvalue weighted by Crippen LogP contribution is 2.45. The molecule has 94 heavy (non-hydrogen) atoms. The van der Waals surface area contributed by atoms with E-state index in [0.717, 1.165) is 135 Å². The highest BCUT2D eigenvalue weighted by Gasteiger charge is 2.30. The number of hydrogen-bond acceptors (Lipinski definition) is 15. The summed E-state index contributed by atoms with van der Waals surface area (Å²) < 4.78 is 68.2. The van der Waals surface area contributed by atoms with Crippen LogP contribution in [0, 0.1) is 0 Å². The fourth-order valence-corrected chi connectivity index (χ4v) is 11.0. The summed E-state index contributed by atoms with van der Waals surface area (Å²) >= 11 is 0. The van der Waals surface area contributed by atoms with Crippen LogP contribution < -0.4 is 0 Å². The number of esters is 4. The molecule has 0 aliphatic carbocycles. The van der Waals surface area contributed by atoms with Crippen molar-refractivity contribution in [2.75, 3.05) is 39.6 Å². The van der Waals surface area contributed by atoms with Gasteiger partial charge in [0.15, 0.2) is 12.2 Å². The van der Waals surface area contributed by atoms with Gasteiger partial charge in [-0.25, -0.2) is 9.13 Å². The van der Waals surface area contributed by atoms with Crippen LogP contribution in [-0.4, -0.2) is 96.7 Å². The lowest BCUT2D eigenvalue weighted by atomic mass is 10.1. The summed E-state index contributed by atoms with van der Waals surface area (Å²) in [5.74, 6) is -2.28. The molecule has 0 aromatic heterocycles. The first-order valence-electron chi connectivity index (χ1n) is 36.5. The number of allylic oxidation sites excluding steroid dienone is 16. The van der Waals surface area contributed by atoms with Gasteiger partial charge in [-0.2, -0.15) is 0 Å². The number of aliphatic hydroxyl groups is 1. The number of aliphatic hydroxyl groups excluding tert-OH is 1. The smallest absolute Gasteiger partial charge is 0.462 e.